The normalized spacial score (nSPS) is 14.5. The Morgan fingerprint density at radius 1 is 1.23 bits per heavy atom. The van der Waals surface area contributed by atoms with E-state index in [-0.39, 0.29) is 36.1 Å². The van der Waals surface area contributed by atoms with Gasteiger partial charge < -0.3 is 5.32 Å². The predicted molar refractivity (Wildman–Crippen MR) is 132 cm³/mol. The van der Waals surface area contributed by atoms with Crippen LogP contribution in [0, 0.1) is 17.7 Å². The summed E-state index contributed by atoms with van der Waals surface area (Å²) in [5.41, 5.74) is 5.95. The Balaban J connectivity index is 1.66. The summed E-state index contributed by atoms with van der Waals surface area (Å²) in [4.78, 5) is 38.1. The average molecular weight is 507 g/mol. The molecule has 1 saturated carbocycles. The molecule has 9 nitrogen and oxygen atoms in total. The highest BCUT2D eigenvalue weighted by Crippen LogP contribution is 2.31. The number of nitrogens with zero attached hydrogens (tertiary/aromatic N) is 3. The monoisotopic (exact) mass is 506 g/mol. The van der Waals surface area contributed by atoms with E-state index in [0.29, 0.717) is 18.7 Å². The molecule has 2 amide bonds. The molecule has 0 spiro atoms. The van der Waals surface area contributed by atoms with Gasteiger partial charge in [-0.1, -0.05) is 56.0 Å². The first-order valence-electron chi connectivity index (χ1n) is 11.8. The molecule has 11 heteroatoms. The lowest BCUT2D eigenvalue weighted by Crippen LogP contribution is -2.42. The largest absolute Gasteiger partial charge is 0.365 e. The molecule has 0 saturated heterocycles. The maximum atomic E-state index is 14.8. The van der Waals surface area contributed by atoms with Crippen LogP contribution in [-0.4, -0.2) is 39.9 Å². The summed E-state index contributed by atoms with van der Waals surface area (Å²) >= 11 is 5.93. The third kappa shape index (κ3) is 8.32. The van der Waals surface area contributed by atoms with Crippen molar-refractivity contribution in [2.24, 2.45) is 11.8 Å². The molecular weight excluding hydrogens is 475 g/mol. The molecule has 1 aliphatic carbocycles. The van der Waals surface area contributed by atoms with Crippen molar-refractivity contribution in [2.45, 2.75) is 58.6 Å². The molecule has 1 atom stereocenters. The van der Waals surface area contributed by atoms with Gasteiger partial charge in [0, 0.05) is 6.04 Å². The van der Waals surface area contributed by atoms with Crippen LogP contribution in [0.3, 0.4) is 0 Å². The molecule has 1 aromatic heterocycles. The van der Waals surface area contributed by atoms with Gasteiger partial charge in [0.15, 0.2) is 11.6 Å². The topological polar surface area (TPSA) is 108 Å². The number of hydrogen-bond donors (Lipinski definition) is 3. The van der Waals surface area contributed by atoms with E-state index in [1.807, 2.05) is 44.2 Å². The van der Waals surface area contributed by atoms with Crippen LogP contribution in [0.1, 0.15) is 51.5 Å². The van der Waals surface area contributed by atoms with Crippen molar-refractivity contribution in [1.29, 1.82) is 0 Å². The summed E-state index contributed by atoms with van der Waals surface area (Å²) in [5.74, 6) is -1.69. The molecule has 35 heavy (non-hydrogen) atoms. The Kier molecular flexibility index (Phi) is 10.0. The van der Waals surface area contributed by atoms with Crippen molar-refractivity contribution < 1.29 is 18.8 Å². The van der Waals surface area contributed by atoms with Crippen LogP contribution < -0.4 is 16.2 Å². The highest BCUT2D eigenvalue weighted by molar-refractivity contribution is 6.28. The van der Waals surface area contributed by atoms with Gasteiger partial charge in [0.2, 0.25) is 23.4 Å². The summed E-state index contributed by atoms with van der Waals surface area (Å²) < 4.78 is 14.8. The fraction of sp³-hybridized carbons (Fsp3) is 0.500. The Morgan fingerprint density at radius 3 is 2.57 bits per heavy atom. The number of amides is 2. The van der Waals surface area contributed by atoms with E-state index in [0.717, 1.165) is 36.3 Å². The van der Waals surface area contributed by atoms with Crippen molar-refractivity contribution in [3.63, 3.8) is 0 Å². The second-order valence-corrected chi connectivity index (χ2v) is 9.30. The second kappa shape index (κ2) is 13.2. The molecular formula is C24H32ClFN6O3. The molecule has 190 valence electrons. The molecule has 1 aliphatic rings. The number of hydrogen-bond acceptors (Lipinski definition) is 7. The number of hydroxylamine groups is 2. The van der Waals surface area contributed by atoms with E-state index in [4.69, 9.17) is 16.4 Å². The summed E-state index contributed by atoms with van der Waals surface area (Å²) in [6, 6.07) is 9.35. The SMILES string of the molecule is CC(C)Nc1nc(Cl)nc(NNC(=O)[C@@H](CC2CCCC2)CN(C=O)OCc2ccccc2)c1F. The summed E-state index contributed by atoms with van der Waals surface area (Å²) in [5, 5.41) is 3.82. The number of anilines is 2. The molecule has 0 unspecified atom stereocenters. The molecule has 1 heterocycles. The number of benzene rings is 1. The van der Waals surface area contributed by atoms with Crippen molar-refractivity contribution in [1.82, 2.24) is 20.5 Å². The average Bonchev–Trinajstić information content (AvgIpc) is 3.35. The summed E-state index contributed by atoms with van der Waals surface area (Å²) in [7, 11) is 0. The molecule has 3 N–H and O–H groups in total. The lowest BCUT2D eigenvalue weighted by molar-refractivity contribution is -0.182. The van der Waals surface area contributed by atoms with E-state index >= 15 is 0 Å². The minimum absolute atomic E-state index is 0.0630. The number of nitrogens with one attached hydrogen (secondary N) is 3. The van der Waals surface area contributed by atoms with Crippen molar-refractivity contribution in [3.8, 4) is 0 Å². The van der Waals surface area contributed by atoms with E-state index in [2.05, 4.69) is 26.1 Å². The quantitative estimate of drug-likeness (QED) is 0.211. The first-order valence-corrected chi connectivity index (χ1v) is 12.2. The van der Waals surface area contributed by atoms with Crippen LogP contribution >= 0.6 is 11.6 Å². The van der Waals surface area contributed by atoms with E-state index in [1.54, 1.807) is 0 Å². The third-order valence-electron chi connectivity index (χ3n) is 5.77. The fourth-order valence-electron chi connectivity index (χ4n) is 4.08. The number of carbonyl (C=O) groups excluding carboxylic acids is 2. The van der Waals surface area contributed by atoms with Gasteiger partial charge in [0.05, 0.1) is 12.5 Å². The van der Waals surface area contributed by atoms with Gasteiger partial charge in [0.1, 0.15) is 6.61 Å². The van der Waals surface area contributed by atoms with Crippen molar-refractivity contribution in [3.05, 3.63) is 47.0 Å². The zero-order chi connectivity index (χ0) is 25.2. The van der Waals surface area contributed by atoms with Crippen LogP contribution in [0.5, 0.6) is 0 Å². The van der Waals surface area contributed by atoms with E-state index in [1.165, 1.54) is 0 Å². The van der Waals surface area contributed by atoms with Gasteiger partial charge in [-0.2, -0.15) is 14.4 Å². The highest BCUT2D eigenvalue weighted by Gasteiger charge is 2.28. The van der Waals surface area contributed by atoms with Crippen LogP contribution in [0.4, 0.5) is 16.0 Å². The Labute approximate surface area is 209 Å². The first kappa shape index (κ1) is 26.6. The fourth-order valence-corrected chi connectivity index (χ4v) is 4.25. The Morgan fingerprint density at radius 2 is 1.91 bits per heavy atom. The number of carbonyl (C=O) groups is 2. The number of aromatic nitrogens is 2. The van der Waals surface area contributed by atoms with Gasteiger partial charge in [0.25, 0.3) is 0 Å². The standard InChI is InChI=1S/C24H32ClFN6O3/c1-16(2)27-21-20(26)22(29-24(25)28-21)30-31-23(34)19(12-17-8-6-7-9-17)13-32(15-33)35-14-18-10-4-3-5-11-18/h3-5,10-11,15-17,19H,6-9,12-14H2,1-2H3,(H,31,34)(H2,27,28,29,30)/t19-/m0/s1. The molecule has 0 aliphatic heterocycles. The molecule has 3 rings (SSSR count). The second-order valence-electron chi connectivity index (χ2n) is 8.96. The van der Waals surface area contributed by atoms with Crippen LogP contribution in [-0.2, 0) is 21.0 Å². The van der Waals surface area contributed by atoms with Crippen LogP contribution in [0.15, 0.2) is 30.3 Å². The zero-order valence-corrected chi connectivity index (χ0v) is 20.7. The molecule has 0 radical (unpaired) electrons. The maximum absolute atomic E-state index is 14.8. The zero-order valence-electron chi connectivity index (χ0n) is 20.0. The predicted octanol–water partition coefficient (Wildman–Crippen LogP) is 4.32. The highest BCUT2D eigenvalue weighted by atomic mass is 35.5. The van der Waals surface area contributed by atoms with Crippen molar-refractivity contribution >= 4 is 35.6 Å². The number of rotatable bonds is 13. The third-order valence-corrected chi connectivity index (χ3v) is 5.94. The van der Waals surface area contributed by atoms with Gasteiger partial charge in [-0.05, 0) is 43.4 Å². The smallest absolute Gasteiger partial charge is 0.243 e. The lowest BCUT2D eigenvalue weighted by atomic mass is 9.92. The Bertz CT molecular complexity index is 975. The maximum Gasteiger partial charge on any atom is 0.243 e. The first-order chi connectivity index (χ1) is 16.9. The molecule has 1 fully saturated rings. The van der Waals surface area contributed by atoms with E-state index in [9.17, 15) is 14.0 Å². The van der Waals surface area contributed by atoms with E-state index < -0.39 is 17.6 Å². The molecule has 1 aromatic carbocycles. The summed E-state index contributed by atoms with van der Waals surface area (Å²) in [6.07, 6.45) is 5.46. The number of halogens is 2. The number of hydrazine groups is 1. The lowest BCUT2D eigenvalue weighted by Gasteiger charge is -2.25. The minimum atomic E-state index is -0.767. The molecule has 2 aromatic rings. The molecule has 0 bridgehead atoms. The van der Waals surface area contributed by atoms with Gasteiger partial charge in [-0.25, -0.2) is 5.06 Å². The van der Waals surface area contributed by atoms with Crippen LogP contribution in [0.25, 0.3) is 0 Å². The van der Waals surface area contributed by atoms with Crippen molar-refractivity contribution in [2.75, 3.05) is 17.3 Å². The summed E-state index contributed by atoms with van der Waals surface area (Å²) in [6.45, 7) is 3.92. The van der Waals surface area contributed by atoms with Crippen LogP contribution in [0.2, 0.25) is 5.28 Å². The van der Waals surface area contributed by atoms with Gasteiger partial charge in [-0.15, -0.1) is 0 Å². The van der Waals surface area contributed by atoms with Gasteiger partial charge in [-0.3, -0.25) is 25.3 Å². The Hall–Kier alpha value is -2.98. The minimum Gasteiger partial charge on any atom is -0.365 e. The van der Waals surface area contributed by atoms with Gasteiger partial charge >= 0.3 is 0 Å².